The van der Waals surface area contributed by atoms with Gasteiger partial charge in [-0.2, -0.15) is 0 Å². The van der Waals surface area contributed by atoms with E-state index >= 15 is 0 Å². The Labute approximate surface area is 91.6 Å². The maximum absolute atomic E-state index is 11.1. The Morgan fingerprint density at radius 1 is 1.53 bits per heavy atom. The molecule has 4 heteroatoms. The standard InChI is InChI=1S/C11H22N2O2/c1-3-4-5-8-12-13-9-6-7-11(13,2)10(14)15/h12H,3-9H2,1-2H3,(H,14,15). The Kier molecular flexibility index (Phi) is 4.54. The molecule has 4 nitrogen and oxygen atoms in total. The summed E-state index contributed by atoms with van der Waals surface area (Å²) in [6.45, 7) is 5.69. The zero-order chi connectivity index (χ0) is 11.3. The summed E-state index contributed by atoms with van der Waals surface area (Å²) < 4.78 is 0. The minimum atomic E-state index is -0.719. The average Bonchev–Trinajstić information content (AvgIpc) is 2.56. The van der Waals surface area contributed by atoms with Crippen LogP contribution in [0, 0.1) is 0 Å². The lowest BCUT2D eigenvalue weighted by atomic mass is 10.0. The number of carboxylic acids is 1. The largest absolute Gasteiger partial charge is 0.480 e. The molecule has 1 aliphatic heterocycles. The molecule has 1 unspecified atom stereocenters. The Hall–Kier alpha value is -0.610. The molecule has 0 saturated carbocycles. The van der Waals surface area contributed by atoms with E-state index < -0.39 is 11.5 Å². The number of carboxylic acid groups (broad SMARTS) is 1. The van der Waals surface area contributed by atoms with Crippen molar-refractivity contribution in [3.63, 3.8) is 0 Å². The quantitative estimate of drug-likeness (QED) is 0.660. The van der Waals surface area contributed by atoms with Crippen molar-refractivity contribution in [2.24, 2.45) is 0 Å². The van der Waals surface area contributed by atoms with E-state index in [0.717, 1.165) is 32.4 Å². The first-order valence-corrected chi connectivity index (χ1v) is 5.86. The highest BCUT2D eigenvalue weighted by Crippen LogP contribution is 2.27. The molecule has 1 aliphatic rings. The van der Waals surface area contributed by atoms with Gasteiger partial charge in [-0.1, -0.05) is 19.8 Å². The molecule has 1 atom stereocenters. The van der Waals surface area contributed by atoms with Crippen LogP contribution in [-0.4, -0.2) is 34.7 Å². The van der Waals surface area contributed by atoms with Crippen LogP contribution in [0.15, 0.2) is 0 Å². The van der Waals surface area contributed by atoms with Crippen LogP contribution in [0.2, 0.25) is 0 Å². The van der Waals surface area contributed by atoms with E-state index in [1.165, 1.54) is 12.8 Å². The molecule has 1 rings (SSSR count). The molecule has 0 aromatic heterocycles. The topological polar surface area (TPSA) is 52.6 Å². The summed E-state index contributed by atoms with van der Waals surface area (Å²) in [7, 11) is 0. The molecule has 0 aromatic rings. The van der Waals surface area contributed by atoms with Gasteiger partial charge >= 0.3 is 5.97 Å². The maximum atomic E-state index is 11.1. The highest BCUT2D eigenvalue weighted by Gasteiger charge is 2.43. The molecule has 1 heterocycles. The minimum absolute atomic E-state index is 0.702. The molecule has 0 aromatic carbocycles. The van der Waals surface area contributed by atoms with Crippen molar-refractivity contribution in [3.05, 3.63) is 0 Å². The van der Waals surface area contributed by atoms with Gasteiger partial charge in [0.25, 0.3) is 0 Å². The van der Waals surface area contributed by atoms with E-state index in [-0.39, 0.29) is 0 Å². The molecule has 0 aliphatic carbocycles. The van der Waals surface area contributed by atoms with Crippen molar-refractivity contribution in [1.82, 2.24) is 10.4 Å². The van der Waals surface area contributed by atoms with Gasteiger partial charge in [0.15, 0.2) is 0 Å². The van der Waals surface area contributed by atoms with Crippen molar-refractivity contribution in [2.45, 2.75) is 51.5 Å². The second-order valence-corrected chi connectivity index (χ2v) is 4.45. The summed E-state index contributed by atoms with van der Waals surface area (Å²) in [5.41, 5.74) is 2.54. The lowest BCUT2D eigenvalue weighted by Crippen LogP contribution is -2.54. The Bertz CT molecular complexity index is 221. The van der Waals surface area contributed by atoms with E-state index in [1.54, 1.807) is 6.92 Å². The van der Waals surface area contributed by atoms with Crippen LogP contribution >= 0.6 is 0 Å². The number of unbranched alkanes of at least 4 members (excludes halogenated alkanes) is 2. The fourth-order valence-electron chi connectivity index (χ4n) is 2.03. The maximum Gasteiger partial charge on any atom is 0.325 e. The molecule has 0 bridgehead atoms. The lowest BCUT2D eigenvalue weighted by molar-refractivity contribution is -0.150. The SMILES string of the molecule is CCCCCNN1CCCC1(C)C(=O)O. The van der Waals surface area contributed by atoms with Gasteiger partial charge in [-0.3, -0.25) is 10.2 Å². The van der Waals surface area contributed by atoms with Gasteiger partial charge in [0.1, 0.15) is 5.54 Å². The van der Waals surface area contributed by atoms with Gasteiger partial charge < -0.3 is 5.11 Å². The average molecular weight is 214 g/mol. The van der Waals surface area contributed by atoms with Crippen molar-refractivity contribution in [1.29, 1.82) is 0 Å². The van der Waals surface area contributed by atoms with Gasteiger partial charge in [-0.05, 0) is 26.2 Å². The third-order valence-corrected chi connectivity index (χ3v) is 3.18. The predicted octanol–water partition coefficient (Wildman–Crippen LogP) is 1.62. The molecule has 0 amide bonds. The van der Waals surface area contributed by atoms with Crippen molar-refractivity contribution >= 4 is 5.97 Å². The van der Waals surface area contributed by atoms with E-state index in [2.05, 4.69) is 12.3 Å². The first-order valence-electron chi connectivity index (χ1n) is 5.86. The van der Waals surface area contributed by atoms with Gasteiger partial charge in [0.05, 0.1) is 0 Å². The van der Waals surface area contributed by atoms with E-state index in [4.69, 9.17) is 5.11 Å². The smallest absolute Gasteiger partial charge is 0.325 e. The summed E-state index contributed by atoms with van der Waals surface area (Å²) in [4.78, 5) is 11.1. The summed E-state index contributed by atoms with van der Waals surface area (Å²) in [5.74, 6) is -0.719. The lowest BCUT2D eigenvalue weighted by Gasteiger charge is -2.31. The molecule has 0 spiro atoms. The normalized spacial score (nSPS) is 27.1. The Balaban J connectivity index is 2.37. The number of hydrogen-bond acceptors (Lipinski definition) is 3. The van der Waals surface area contributed by atoms with Crippen LogP contribution in [0.1, 0.15) is 46.0 Å². The molecule has 1 saturated heterocycles. The zero-order valence-corrected chi connectivity index (χ0v) is 9.75. The number of nitrogens with one attached hydrogen (secondary N) is 1. The third kappa shape index (κ3) is 2.92. The van der Waals surface area contributed by atoms with Gasteiger partial charge in [-0.15, -0.1) is 0 Å². The molecule has 88 valence electrons. The molecular formula is C11H22N2O2. The Morgan fingerprint density at radius 3 is 2.87 bits per heavy atom. The number of carbonyl (C=O) groups is 1. The van der Waals surface area contributed by atoms with Gasteiger partial charge in [0, 0.05) is 13.1 Å². The highest BCUT2D eigenvalue weighted by atomic mass is 16.4. The van der Waals surface area contributed by atoms with E-state index in [9.17, 15) is 4.79 Å². The Morgan fingerprint density at radius 2 is 2.27 bits per heavy atom. The number of rotatable bonds is 6. The molecular weight excluding hydrogens is 192 g/mol. The van der Waals surface area contributed by atoms with E-state index in [1.807, 2.05) is 5.01 Å². The van der Waals surface area contributed by atoms with Crippen molar-refractivity contribution in [3.8, 4) is 0 Å². The molecule has 15 heavy (non-hydrogen) atoms. The van der Waals surface area contributed by atoms with Gasteiger partial charge in [0.2, 0.25) is 0 Å². The van der Waals surface area contributed by atoms with Crippen LogP contribution < -0.4 is 5.43 Å². The second kappa shape index (κ2) is 5.47. The predicted molar refractivity (Wildman–Crippen MR) is 59.5 cm³/mol. The van der Waals surface area contributed by atoms with E-state index in [0.29, 0.717) is 0 Å². The summed E-state index contributed by atoms with van der Waals surface area (Å²) in [6.07, 6.45) is 5.21. The van der Waals surface area contributed by atoms with Crippen LogP contribution in [-0.2, 0) is 4.79 Å². The number of hydrogen-bond donors (Lipinski definition) is 2. The fraction of sp³-hybridized carbons (Fsp3) is 0.909. The summed E-state index contributed by atoms with van der Waals surface area (Å²) in [6, 6.07) is 0. The molecule has 0 radical (unpaired) electrons. The van der Waals surface area contributed by atoms with Crippen LogP contribution in [0.4, 0.5) is 0 Å². The third-order valence-electron chi connectivity index (χ3n) is 3.18. The second-order valence-electron chi connectivity index (χ2n) is 4.45. The molecule has 2 N–H and O–H groups in total. The summed E-state index contributed by atoms with van der Waals surface area (Å²) >= 11 is 0. The minimum Gasteiger partial charge on any atom is -0.480 e. The summed E-state index contributed by atoms with van der Waals surface area (Å²) in [5, 5.41) is 11.1. The van der Waals surface area contributed by atoms with Crippen LogP contribution in [0.25, 0.3) is 0 Å². The van der Waals surface area contributed by atoms with Crippen LogP contribution in [0.5, 0.6) is 0 Å². The van der Waals surface area contributed by atoms with Crippen molar-refractivity contribution in [2.75, 3.05) is 13.1 Å². The first-order chi connectivity index (χ1) is 7.11. The monoisotopic (exact) mass is 214 g/mol. The highest BCUT2D eigenvalue weighted by molar-refractivity contribution is 5.78. The molecule has 1 fully saturated rings. The fourth-order valence-corrected chi connectivity index (χ4v) is 2.03. The first kappa shape index (κ1) is 12.5. The number of nitrogens with zero attached hydrogens (tertiary/aromatic N) is 1. The van der Waals surface area contributed by atoms with Gasteiger partial charge in [-0.25, -0.2) is 5.01 Å². The van der Waals surface area contributed by atoms with Crippen LogP contribution in [0.3, 0.4) is 0 Å². The number of aliphatic carboxylic acids is 1. The van der Waals surface area contributed by atoms with Crippen molar-refractivity contribution < 1.29 is 9.90 Å². The number of hydrazine groups is 1. The zero-order valence-electron chi connectivity index (χ0n) is 9.75.